The molecule has 0 aromatic heterocycles. The van der Waals surface area contributed by atoms with E-state index in [1.807, 2.05) is 6.92 Å². The highest BCUT2D eigenvalue weighted by molar-refractivity contribution is 5.95. The van der Waals surface area contributed by atoms with Gasteiger partial charge in [0, 0.05) is 30.9 Å². The summed E-state index contributed by atoms with van der Waals surface area (Å²) in [6, 6.07) is 6.09. The molecule has 158 valence electrons. The zero-order valence-corrected chi connectivity index (χ0v) is 16.8. The Balaban J connectivity index is 1.96. The number of piperazine rings is 1. The first-order valence-electron chi connectivity index (χ1n) is 9.80. The van der Waals surface area contributed by atoms with Crippen molar-refractivity contribution in [2.24, 2.45) is 0 Å². The summed E-state index contributed by atoms with van der Waals surface area (Å²) in [6.07, 6.45) is 0.958. The van der Waals surface area contributed by atoms with Crippen LogP contribution in [0.25, 0.3) is 0 Å². The number of carbonyl (C=O) groups is 4. The van der Waals surface area contributed by atoms with Crippen LogP contribution in [0.5, 0.6) is 0 Å². The van der Waals surface area contributed by atoms with Crippen molar-refractivity contribution in [2.45, 2.75) is 39.2 Å². The molecule has 0 bridgehead atoms. The summed E-state index contributed by atoms with van der Waals surface area (Å²) in [7, 11) is 0. The minimum atomic E-state index is -0.742. The van der Waals surface area contributed by atoms with Gasteiger partial charge in [0.1, 0.15) is 6.04 Å². The van der Waals surface area contributed by atoms with Gasteiger partial charge in [0.05, 0.1) is 19.6 Å². The lowest BCUT2D eigenvalue weighted by Crippen LogP contribution is -2.57. The highest BCUT2D eigenvalue weighted by Crippen LogP contribution is 2.16. The van der Waals surface area contributed by atoms with Crippen LogP contribution in [-0.4, -0.2) is 60.9 Å². The second-order valence-corrected chi connectivity index (χ2v) is 6.73. The van der Waals surface area contributed by atoms with E-state index in [4.69, 9.17) is 4.74 Å². The number of rotatable bonds is 9. The van der Waals surface area contributed by atoms with Crippen molar-refractivity contribution in [2.75, 3.05) is 36.9 Å². The first kappa shape index (κ1) is 22.4. The Labute approximate surface area is 170 Å². The third kappa shape index (κ3) is 7.19. The maximum atomic E-state index is 12.5. The Morgan fingerprint density at radius 3 is 2.52 bits per heavy atom. The molecule has 9 nitrogen and oxygen atoms in total. The summed E-state index contributed by atoms with van der Waals surface area (Å²) in [6.45, 7) is 4.77. The van der Waals surface area contributed by atoms with Crippen LogP contribution >= 0.6 is 0 Å². The fourth-order valence-electron chi connectivity index (χ4n) is 2.91. The van der Waals surface area contributed by atoms with Gasteiger partial charge in [0.2, 0.25) is 17.7 Å². The molecule has 3 N–H and O–H groups in total. The number of nitrogens with one attached hydrogen (secondary N) is 3. The van der Waals surface area contributed by atoms with Crippen molar-refractivity contribution >= 4 is 35.1 Å². The van der Waals surface area contributed by atoms with Gasteiger partial charge in [-0.25, -0.2) is 0 Å². The number of esters is 1. The summed E-state index contributed by atoms with van der Waals surface area (Å²) in [5.74, 6) is -1.18. The average molecular weight is 404 g/mol. The number of hydrogen-bond acceptors (Lipinski definition) is 6. The minimum absolute atomic E-state index is 0.0370. The summed E-state index contributed by atoms with van der Waals surface area (Å²) in [5.41, 5.74) is 1.12. The van der Waals surface area contributed by atoms with Crippen LogP contribution < -0.4 is 16.0 Å². The molecule has 1 atom stereocenters. The molecule has 29 heavy (non-hydrogen) atoms. The van der Waals surface area contributed by atoms with Gasteiger partial charge in [-0.05, 0) is 24.6 Å². The summed E-state index contributed by atoms with van der Waals surface area (Å²) < 4.78 is 5.06. The topological polar surface area (TPSA) is 117 Å². The van der Waals surface area contributed by atoms with Crippen LogP contribution in [0.4, 0.5) is 11.4 Å². The fraction of sp³-hybridized carbons (Fsp3) is 0.500. The van der Waals surface area contributed by atoms with Crippen LogP contribution in [-0.2, 0) is 23.9 Å². The van der Waals surface area contributed by atoms with Crippen molar-refractivity contribution in [1.82, 2.24) is 10.2 Å². The molecule has 1 saturated heterocycles. The van der Waals surface area contributed by atoms with Crippen LogP contribution in [0, 0.1) is 0 Å². The first-order chi connectivity index (χ1) is 13.9. The molecule has 1 aromatic rings. The summed E-state index contributed by atoms with van der Waals surface area (Å²) in [5, 5.41) is 8.21. The third-order valence-electron chi connectivity index (χ3n) is 4.37. The van der Waals surface area contributed by atoms with E-state index in [1.54, 1.807) is 36.1 Å². The van der Waals surface area contributed by atoms with Gasteiger partial charge >= 0.3 is 5.97 Å². The van der Waals surface area contributed by atoms with E-state index < -0.39 is 12.0 Å². The maximum Gasteiger partial charge on any atom is 0.307 e. The van der Waals surface area contributed by atoms with E-state index in [-0.39, 0.29) is 30.7 Å². The molecular weight excluding hydrogens is 376 g/mol. The average Bonchev–Trinajstić information content (AvgIpc) is 2.69. The van der Waals surface area contributed by atoms with Crippen molar-refractivity contribution in [1.29, 1.82) is 0 Å². The van der Waals surface area contributed by atoms with Crippen LogP contribution in [0.15, 0.2) is 24.3 Å². The summed E-state index contributed by atoms with van der Waals surface area (Å²) in [4.78, 5) is 49.8. The molecule has 0 spiro atoms. The van der Waals surface area contributed by atoms with Gasteiger partial charge in [0.15, 0.2) is 0 Å². The Bertz CT molecular complexity index is 752. The standard InChI is InChI=1S/C20H28N4O5/c1-3-10-29-19(27)12-16-20(28)21-8-9-24(16)13-18(26)23-15-7-5-6-14(11-15)22-17(25)4-2/h5-7,11,16H,3-4,8-10,12-13H2,1-2H3,(H,21,28)(H,22,25)(H,23,26). The molecule has 9 heteroatoms. The van der Waals surface area contributed by atoms with E-state index in [1.165, 1.54) is 0 Å². The molecular formula is C20H28N4O5. The van der Waals surface area contributed by atoms with Gasteiger partial charge < -0.3 is 20.7 Å². The largest absolute Gasteiger partial charge is 0.466 e. The number of nitrogens with zero attached hydrogens (tertiary/aromatic N) is 1. The smallest absolute Gasteiger partial charge is 0.307 e. The molecule has 1 unspecified atom stereocenters. The SMILES string of the molecule is CCCOC(=O)CC1C(=O)NCCN1CC(=O)Nc1cccc(NC(=O)CC)c1. The Hall–Kier alpha value is -2.94. The molecule has 2 rings (SSSR count). The van der Waals surface area contributed by atoms with Gasteiger partial charge in [-0.1, -0.05) is 19.9 Å². The van der Waals surface area contributed by atoms with E-state index >= 15 is 0 Å². The predicted octanol–water partition coefficient (Wildman–Crippen LogP) is 1.12. The maximum absolute atomic E-state index is 12.5. The normalized spacial score (nSPS) is 16.6. The number of hydrogen-bond donors (Lipinski definition) is 3. The molecule has 1 heterocycles. The quantitative estimate of drug-likeness (QED) is 0.531. The zero-order chi connectivity index (χ0) is 21.2. The summed E-state index contributed by atoms with van der Waals surface area (Å²) >= 11 is 0. The van der Waals surface area contributed by atoms with Gasteiger partial charge in [-0.2, -0.15) is 0 Å². The van der Waals surface area contributed by atoms with Crippen molar-refractivity contribution in [3.8, 4) is 0 Å². The highest BCUT2D eigenvalue weighted by atomic mass is 16.5. The number of anilines is 2. The molecule has 0 aliphatic carbocycles. The van der Waals surface area contributed by atoms with Gasteiger partial charge in [-0.3, -0.25) is 24.1 Å². The minimum Gasteiger partial charge on any atom is -0.466 e. The zero-order valence-electron chi connectivity index (χ0n) is 16.8. The van der Waals surface area contributed by atoms with E-state index in [0.29, 0.717) is 43.9 Å². The number of amides is 3. The first-order valence-corrected chi connectivity index (χ1v) is 9.80. The van der Waals surface area contributed by atoms with Crippen LogP contribution in [0.2, 0.25) is 0 Å². The molecule has 0 saturated carbocycles. The Morgan fingerprint density at radius 2 is 1.86 bits per heavy atom. The number of benzene rings is 1. The lowest BCUT2D eigenvalue weighted by Gasteiger charge is -2.33. The van der Waals surface area contributed by atoms with Gasteiger partial charge in [-0.15, -0.1) is 0 Å². The fourth-order valence-corrected chi connectivity index (χ4v) is 2.91. The van der Waals surface area contributed by atoms with E-state index in [9.17, 15) is 19.2 Å². The van der Waals surface area contributed by atoms with Crippen molar-refractivity contribution in [3.05, 3.63) is 24.3 Å². The molecule has 0 radical (unpaired) electrons. The highest BCUT2D eigenvalue weighted by Gasteiger charge is 2.33. The van der Waals surface area contributed by atoms with Crippen LogP contribution in [0.3, 0.4) is 0 Å². The number of carbonyl (C=O) groups excluding carboxylic acids is 4. The van der Waals surface area contributed by atoms with Gasteiger partial charge in [0.25, 0.3) is 0 Å². The molecule has 3 amide bonds. The molecule has 1 aliphatic rings. The molecule has 1 aliphatic heterocycles. The third-order valence-corrected chi connectivity index (χ3v) is 4.37. The predicted molar refractivity (Wildman–Crippen MR) is 108 cm³/mol. The Kier molecular flexibility index (Phi) is 8.60. The van der Waals surface area contributed by atoms with E-state index in [0.717, 1.165) is 0 Å². The molecule has 1 fully saturated rings. The second kappa shape index (κ2) is 11.2. The lowest BCUT2D eigenvalue weighted by atomic mass is 10.1. The van der Waals surface area contributed by atoms with Crippen molar-refractivity contribution in [3.63, 3.8) is 0 Å². The van der Waals surface area contributed by atoms with E-state index in [2.05, 4.69) is 16.0 Å². The lowest BCUT2D eigenvalue weighted by molar-refractivity contribution is -0.148. The second-order valence-electron chi connectivity index (χ2n) is 6.73. The number of ether oxygens (including phenoxy) is 1. The molecule has 1 aromatic carbocycles. The Morgan fingerprint density at radius 1 is 1.17 bits per heavy atom. The van der Waals surface area contributed by atoms with Crippen LogP contribution in [0.1, 0.15) is 33.1 Å². The monoisotopic (exact) mass is 404 g/mol. The van der Waals surface area contributed by atoms with Crippen molar-refractivity contribution < 1.29 is 23.9 Å².